The molecule has 0 aliphatic carbocycles. The second-order valence-electron chi connectivity index (χ2n) is 31.1. The molecule has 18 heteroatoms. The van der Waals surface area contributed by atoms with E-state index < -0.39 is 91.5 Å². The van der Waals surface area contributed by atoms with Crippen LogP contribution in [0.1, 0.15) is 393 Å². The summed E-state index contributed by atoms with van der Waals surface area (Å²) in [7, 11) is -9.82. The third kappa shape index (κ3) is 91.7. The van der Waals surface area contributed by atoms with Gasteiger partial charge in [-0.1, -0.05) is 378 Å². The van der Waals surface area contributed by atoms with Crippen LogP contribution in [0.4, 0.5) is 0 Å². The van der Waals surface area contributed by atoms with Crippen LogP contribution in [0.5, 0.6) is 0 Å². The summed E-state index contributed by atoms with van der Waals surface area (Å²) in [6.45, 7) is 2.54. The zero-order valence-corrected chi connectivity index (χ0v) is 75.9. The van der Waals surface area contributed by atoms with Gasteiger partial charge in [0.1, 0.15) is 25.4 Å². The monoisotopic (exact) mass is 1680 g/mol. The van der Waals surface area contributed by atoms with Crippen molar-refractivity contribution in [1.82, 2.24) is 0 Å². The first-order valence-corrected chi connectivity index (χ1v) is 49.8. The zero-order valence-electron chi connectivity index (χ0n) is 74.1. The Bertz CT molecular complexity index is 2760. The highest BCUT2D eigenvalue weighted by molar-refractivity contribution is 7.47. The second-order valence-corrected chi connectivity index (χ2v) is 34.0. The van der Waals surface area contributed by atoms with E-state index in [1.165, 1.54) is 154 Å². The van der Waals surface area contributed by atoms with Crippen LogP contribution in [-0.2, 0) is 55.8 Å². The Labute approximate surface area is 714 Å². The third-order valence-corrected chi connectivity index (χ3v) is 21.6. The summed E-state index contributed by atoms with van der Waals surface area (Å²) in [5.41, 5.74) is 0. The van der Waals surface area contributed by atoms with Gasteiger partial charge in [0.2, 0.25) is 0 Å². The van der Waals surface area contributed by atoms with Crippen LogP contribution >= 0.6 is 15.6 Å². The molecule has 0 fully saturated rings. The maximum absolute atomic E-state index is 13.1. The number of phosphoric acid groups is 2. The summed E-state index contributed by atoms with van der Waals surface area (Å²) in [5.74, 6) is -1.59. The van der Waals surface area contributed by atoms with Gasteiger partial charge in [-0.05, 0) is 154 Å². The first kappa shape index (κ1) is 112. The number of rotatable bonds is 88. The van der Waals surface area contributed by atoms with Crippen molar-refractivity contribution in [1.29, 1.82) is 0 Å². The predicted octanol–water partition coefficient (Wildman–Crippen LogP) is 28.9. The predicted molar refractivity (Wildman–Crippen MR) is 491 cm³/mol. The Morgan fingerprint density at radius 1 is 0.248 bits per heavy atom. The van der Waals surface area contributed by atoms with Crippen LogP contribution in [-0.4, -0.2) is 95.9 Å². The molecule has 4 N–H and O–H groups in total. The number of unbranched alkanes of at least 4 members (excludes halogenated alkanes) is 39. The van der Waals surface area contributed by atoms with E-state index in [4.69, 9.17) is 32.3 Å². The fourth-order valence-corrected chi connectivity index (χ4v) is 14.2. The molecule has 0 heterocycles. The first-order valence-electron chi connectivity index (χ1n) is 46.8. The maximum atomic E-state index is 13.1. The average molecular weight is 1680 g/mol. The van der Waals surface area contributed by atoms with Crippen molar-refractivity contribution in [2.75, 3.05) is 39.6 Å². The van der Waals surface area contributed by atoms with E-state index in [1.54, 1.807) is 0 Å². The topological polar surface area (TPSA) is 231 Å². The van der Waals surface area contributed by atoms with Crippen LogP contribution in [0.25, 0.3) is 0 Å². The summed E-state index contributed by atoms with van der Waals surface area (Å²) in [6, 6.07) is 0. The number of ether oxygens (including phenoxy) is 3. The van der Waals surface area contributed by atoms with Crippen molar-refractivity contribution in [2.24, 2.45) is 0 Å². The standard InChI is InChI=1S/C99H170O16P2/c1-4-7-10-13-16-19-22-25-28-31-34-37-40-41-42-43-44-45-46-47-48-49-50-51-54-56-58-61-64-67-70-73-76-79-82-85-97(102)109-88-94(100)89-111-116(105,106)112-90-95(101)91-113-117(107,108)114-93-96(115-99(104)87-84-81-78-75-72-69-66-63-60-57-53-39-36-33-30-27-24-21-18-15-12-9-6-3)92-110-98(103)86-83-80-77-74-71-68-65-62-59-55-52-38-35-32-29-26-23-20-17-14-11-8-5-2/h7,10,16-21,25-30,34-39,41-42,55,57,59-60,94-96,100-101H,4-6,8-9,11-15,22-24,31-33,40,43-54,56,58,61-93H2,1-3H3,(H,105,106)(H,107,108)/b10-7-,19-16-,20-17-,21-18-,28-25-,29-26-,30-27-,37-34-,38-35-,39-36-,42-41-,59-55-,60-57-. The minimum Gasteiger partial charge on any atom is -0.463 e. The minimum atomic E-state index is -4.95. The van der Waals surface area contributed by atoms with Crippen molar-refractivity contribution in [2.45, 2.75) is 411 Å². The molecule has 0 aliphatic heterocycles. The van der Waals surface area contributed by atoms with Gasteiger partial charge in [0.25, 0.3) is 0 Å². The number of allylic oxidation sites excluding steroid dienone is 26. The SMILES string of the molecule is CC/C=C\C/C=C\C/C=C\C/C=C\C/C=C\CCCCCCCCCCCCCCCCCCCCCC(=O)OCC(O)COP(=O)(O)OCC(O)COP(=O)(O)OCC(COC(=O)CCCCCCCCC/C=C\C/C=C\C/C=C\C/C=C\CCCCC)OC(=O)CCCCCCCCC/C=C\C/C=C\C/C=C\C/C=C\CCCCC. The van der Waals surface area contributed by atoms with E-state index in [-0.39, 0.29) is 19.3 Å². The van der Waals surface area contributed by atoms with Crippen LogP contribution < -0.4 is 0 Å². The Hall–Kier alpha value is -4.83. The number of hydrogen-bond donors (Lipinski definition) is 4. The van der Waals surface area contributed by atoms with E-state index in [1.807, 2.05) is 0 Å². The summed E-state index contributed by atoms with van der Waals surface area (Å²) in [4.78, 5) is 59.0. The number of hydrogen-bond acceptors (Lipinski definition) is 14. The highest BCUT2D eigenvalue weighted by Gasteiger charge is 2.29. The van der Waals surface area contributed by atoms with Crippen LogP contribution in [0.3, 0.4) is 0 Å². The maximum Gasteiger partial charge on any atom is 0.472 e. The molecule has 0 spiro atoms. The van der Waals surface area contributed by atoms with Crippen molar-refractivity contribution in [3.8, 4) is 0 Å². The summed E-state index contributed by atoms with van der Waals surface area (Å²) < 4.78 is 61.5. The van der Waals surface area contributed by atoms with Crippen LogP contribution in [0.2, 0.25) is 0 Å². The van der Waals surface area contributed by atoms with Gasteiger partial charge in [-0.25, -0.2) is 9.13 Å². The lowest BCUT2D eigenvalue weighted by Gasteiger charge is -2.21. The molecule has 0 aliphatic rings. The van der Waals surface area contributed by atoms with Gasteiger partial charge >= 0.3 is 33.6 Å². The molecule has 0 bridgehead atoms. The molecule has 5 unspecified atom stereocenters. The van der Waals surface area contributed by atoms with Crippen molar-refractivity contribution < 1.29 is 75.8 Å². The van der Waals surface area contributed by atoms with E-state index in [2.05, 4.69) is 179 Å². The molecule has 672 valence electrons. The largest absolute Gasteiger partial charge is 0.472 e. The zero-order chi connectivity index (χ0) is 85.1. The number of carbonyl (C=O) groups is 3. The van der Waals surface area contributed by atoms with Crippen molar-refractivity contribution in [3.63, 3.8) is 0 Å². The number of aliphatic hydroxyl groups excluding tert-OH is 2. The van der Waals surface area contributed by atoms with Gasteiger partial charge in [0, 0.05) is 19.3 Å². The van der Waals surface area contributed by atoms with Gasteiger partial charge in [-0.3, -0.25) is 32.5 Å². The highest BCUT2D eigenvalue weighted by Crippen LogP contribution is 2.45. The van der Waals surface area contributed by atoms with E-state index >= 15 is 0 Å². The Morgan fingerprint density at radius 2 is 0.453 bits per heavy atom. The van der Waals surface area contributed by atoms with Crippen LogP contribution in [0.15, 0.2) is 158 Å². The molecule has 16 nitrogen and oxygen atoms in total. The quantitative estimate of drug-likeness (QED) is 0.0146. The Balaban J connectivity index is 4.55. The van der Waals surface area contributed by atoms with Gasteiger partial charge in [0.15, 0.2) is 6.10 Å². The molecule has 5 atom stereocenters. The molecule has 0 saturated carbocycles. The molecular weight excluding hydrogens is 1510 g/mol. The molecule has 0 radical (unpaired) electrons. The molecule has 0 aromatic carbocycles. The molecule has 0 rings (SSSR count). The van der Waals surface area contributed by atoms with Crippen LogP contribution in [0, 0.1) is 0 Å². The summed E-state index contributed by atoms with van der Waals surface area (Å²) in [6.07, 6.45) is 116. The smallest absolute Gasteiger partial charge is 0.463 e. The van der Waals surface area contributed by atoms with Gasteiger partial charge in [-0.15, -0.1) is 0 Å². The molecule has 0 aromatic rings. The molecular formula is C99H170O16P2. The Morgan fingerprint density at radius 3 is 0.718 bits per heavy atom. The minimum absolute atomic E-state index is 0.0862. The molecule has 0 aromatic heterocycles. The van der Waals surface area contributed by atoms with Gasteiger partial charge in [-0.2, -0.15) is 0 Å². The van der Waals surface area contributed by atoms with E-state index in [0.717, 1.165) is 180 Å². The number of esters is 3. The lowest BCUT2D eigenvalue weighted by atomic mass is 10.0. The number of phosphoric ester groups is 2. The number of aliphatic hydroxyl groups is 2. The van der Waals surface area contributed by atoms with E-state index in [9.17, 15) is 43.5 Å². The normalized spacial score (nSPS) is 14.5. The average Bonchev–Trinajstić information content (AvgIpc) is 0.904. The molecule has 0 amide bonds. The van der Waals surface area contributed by atoms with Gasteiger partial charge < -0.3 is 34.2 Å². The fraction of sp³-hybridized carbons (Fsp3) is 0.707. The summed E-state index contributed by atoms with van der Waals surface area (Å²) >= 11 is 0. The third-order valence-electron chi connectivity index (χ3n) is 19.7. The van der Waals surface area contributed by atoms with Crippen molar-refractivity contribution in [3.05, 3.63) is 158 Å². The lowest BCUT2D eigenvalue weighted by molar-refractivity contribution is -0.161. The second kappa shape index (κ2) is 90.4. The molecule has 117 heavy (non-hydrogen) atoms. The van der Waals surface area contributed by atoms with Crippen molar-refractivity contribution >= 4 is 33.6 Å². The van der Waals surface area contributed by atoms with Gasteiger partial charge in [0.05, 0.1) is 26.4 Å². The summed E-state index contributed by atoms with van der Waals surface area (Å²) in [5, 5.41) is 20.7. The van der Waals surface area contributed by atoms with E-state index in [0.29, 0.717) is 19.3 Å². The number of carbonyl (C=O) groups excluding carboxylic acids is 3. The lowest BCUT2D eigenvalue weighted by Crippen LogP contribution is -2.30. The molecule has 0 saturated heterocycles. The fourth-order valence-electron chi connectivity index (χ4n) is 12.6. The highest BCUT2D eigenvalue weighted by atomic mass is 31.2. The first-order chi connectivity index (χ1) is 57.2. The Kier molecular flexibility index (Phi) is 86.7.